The van der Waals surface area contributed by atoms with Crippen LogP contribution in [0.3, 0.4) is 0 Å². The Bertz CT molecular complexity index is 249. The van der Waals surface area contributed by atoms with Crippen molar-refractivity contribution in [2.24, 2.45) is 0 Å². The molecule has 0 saturated carbocycles. The van der Waals surface area contributed by atoms with Gasteiger partial charge >= 0.3 is 13.7 Å². The number of phosphoric acid groups is 1. The lowest BCUT2D eigenvalue weighted by Crippen LogP contribution is -2.50. The maximum atomic E-state index is 13.2. The van der Waals surface area contributed by atoms with Gasteiger partial charge in [0.05, 0.1) is 0 Å². The highest BCUT2D eigenvalue weighted by Crippen LogP contribution is 2.50. The summed E-state index contributed by atoms with van der Waals surface area (Å²) in [6.45, 7) is 0.486. The molecule has 0 atom stereocenters. The van der Waals surface area contributed by atoms with Gasteiger partial charge in [0.25, 0.3) is 0 Å². The van der Waals surface area contributed by atoms with E-state index in [2.05, 4.69) is 4.52 Å². The van der Waals surface area contributed by atoms with E-state index in [4.69, 9.17) is 9.79 Å². The fourth-order valence-corrected chi connectivity index (χ4v) is 2.16. The molecule has 0 aromatic heterocycles. The predicted molar refractivity (Wildman–Crippen MR) is 47.4 cm³/mol. The molecule has 0 aromatic carbocycles. The first kappa shape index (κ1) is 14.9. The topological polar surface area (TPSA) is 66.8 Å². The molecule has 92 valence electrons. The smallest absolute Gasteiger partial charge is 0.303 e. The van der Waals surface area contributed by atoms with Crippen molar-refractivity contribution >= 4 is 7.82 Å². The number of hydrogen-bond donors (Lipinski definition) is 2. The van der Waals surface area contributed by atoms with Crippen LogP contribution in [0, 0.1) is 0 Å². The second-order valence-electron chi connectivity index (χ2n) is 3.12. The first-order valence-electron chi connectivity index (χ1n) is 4.34. The molecule has 0 rings (SSSR count). The van der Waals surface area contributed by atoms with Gasteiger partial charge in [-0.05, 0) is 12.8 Å². The average Bonchev–Trinajstić information content (AvgIpc) is 2.12. The molecule has 15 heavy (non-hydrogen) atoms. The number of phosphoric ester groups is 1. The zero-order chi connectivity index (χ0) is 12.3. The van der Waals surface area contributed by atoms with Crippen LogP contribution in [-0.2, 0) is 9.09 Å². The van der Waals surface area contributed by atoms with E-state index in [9.17, 15) is 17.7 Å². The third-order valence-electron chi connectivity index (χ3n) is 2.27. The van der Waals surface area contributed by atoms with Gasteiger partial charge in [-0.3, -0.25) is 4.52 Å². The van der Waals surface area contributed by atoms with Crippen molar-refractivity contribution in [1.82, 2.24) is 0 Å². The summed E-state index contributed by atoms with van der Waals surface area (Å²) >= 11 is 0. The van der Waals surface area contributed by atoms with E-state index < -0.39 is 38.9 Å². The van der Waals surface area contributed by atoms with Gasteiger partial charge in [-0.15, -0.1) is 0 Å². The Morgan fingerprint density at radius 1 is 1.27 bits per heavy atom. The van der Waals surface area contributed by atoms with Crippen LogP contribution in [0.25, 0.3) is 0 Å². The SMILES string of the molecule is CCC(CC)(OP(=O)(O)O)C(F)(F)CF. The van der Waals surface area contributed by atoms with E-state index in [0.717, 1.165) is 0 Å². The Balaban J connectivity index is 5.14. The molecule has 0 bridgehead atoms. The fourth-order valence-electron chi connectivity index (χ4n) is 1.31. The Hall–Kier alpha value is -0.100. The van der Waals surface area contributed by atoms with Crippen LogP contribution in [0.2, 0.25) is 0 Å². The van der Waals surface area contributed by atoms with Gasteiger partial charge in [-0.1, -0.05) is 13.8 Å². The molecule has 0 fully saturated rings. The second-order valence-corrected chi connectivity index (χ2v) is 4.29. The molecule has 0 aromatic rings. The summed E-state index contributed by atoms with van der Waals surface area (Å²) < 4.78 is 53.1. The van der Waals surface area contributed by atoms with Crippen molar-refractivity contribution in [2.75, 3.05) is 6.67 Å². The van der Waals surface area contributed by atoms with Gasteiger partial charge in [0.2, 0.25) is 0 Å². The van der Waals surface area contributed by atoms with Crippen LogP contribution >= 0.6 is 7.82 Å². The molecular weight excluding hydrogens is 236 g/mol. The predicted octanol–water partition coefficient (Wildman–Crippen LogP) is 2.26. The Labute approximate surface area is 85.7 Å². The second kappa shape index (κ2) is 4.82. The Morgan fingerprint density at radius 3 is 1.87 bits per heavy atom. The van der Waals surface area contributed by atoms with Crippen LogP contribution in [0.15, 0.2) is 0 Å². The lowest BCUT2D eigenvalue weighted by molar-refractivity contribution is -0.184. The number of hydrogen-bond acceptors (Lipinski definition) is 2. The fraction of sp³-hybridized carbons (Fsp3) is 1.00. The van der Waals surface area contributed by atoms with Gasteiger partial charge in [-0.25, -0.2) is 17.7 Å². The summed E-state index contributed by atoms with van der Waals surface area (Å²) in [4.78, 5) is 17.0. The van der Waals surface area contributed by atoms with E-state index >= 15 is 0 Å². The summed E-state index contributed by atoms with van der Waals surface area (Å²) in [6, 6.07) is 0. The standard InChI is InChI=1S/C7H14F3O4P/c1-3-6(4-2,7(9,10)5-8)14-15(11,12)13/h3-5H2,1-2H3,(H2,11,12,13). The molecule has 0 heterocycles. The third-order valence-corrected chi connectivity index (χ3v) is 2.86. The minimum Gasteiger partial charge on any atom is -0.303 e. The number of halogens is 3. The first-order valence-corrected chi connectivity index (χ1v) is 5.87. The van der Waals surface area contributed by atoms with Gasteiger partial charge in [0.15, 0.2) is 6.67 Å². The quantitative estimate of drug-likeness (QED) is 0.709. The number of alkyl halides is 3. The lowest BCUT2D eigenvalue weighted by atomic mass is 9.90. The molecule has 0 radical (unpaired) electrons. The van der Waals surface area contributed by atoms with E-state index in [0.29, 0.717) is 0 Å². The van der Waals surface area contributed by atoms with E-state index in [-0.39, 0.29) is 0 Å². The van der Waals surface area contributed by atoms with Crippen molar-refractivity contribution in [2.45, 2.75) is 38.2 Å². The summed E-state index contributed by atoms with van der Waals surface area (Å²) in [5.74, 6) is -3.92. The molecule has 0 aliphatic carbocycles. The minimum absolute atomic E-state index is 0.397. The summed E-state index contributed by atoms with van der Waals surface area (Å²) in [6.07, 6.45) is -0.795. The van der Waals surface area contributed by atoms with Crippen LogP contribution in [-0.4, -0.2) is 28.0 Å². The first-order chi connectivity index (χ1) is 6.64. The lowest BCUT2D eigenvalue weighted by Gasteiger charge is -2.37. The van der Waals surface area contributed by atoms with Crippen LogP contribution in [0.1, 0.15) is 26.7 Å². The highest BCUT2D eigenvalue weighted by Gasteiger charge is 2.55. The normalized spacial score (nSPS) is 14.3. The van der Waals surface area contributed by atoms with E-state index in [1.165, 1.54) is 13.8 Å². The van der Waals surface area contributed by atoms with Crippen molar-refractivity contribution in [3.8, 4) is 0 Å². The van der Waals surface area contributed by atoms with Crippen molar-refractivity contribution in [3.63, 3.8) is 0 Å². The van der Waals surface area contributed by atoms with Crippen LogP contribution < -0.4 is 0 Å². The minimum atomic E-state index is -5.08. The number of rotatable bonds is 6. The summed E-state index contributed by atoms with van der Waals surface area (Å²) in [7, 11) is -5.08. The van der Waals surface area contributed by atoms with E-state index in [1.54, 1.807) is 0 Å². The molecule has 0 aliphatic heterocycles. The molecule has 2 N–H and O–H groups in total. The van der Waals surface area contributed by atoms with Crippen molar-refractivity contribution < 1.29 is 32.0 Å². The monoisotopic (exact) mass is 250 g/mol. The maximum absolute atomic E-state index is 13.2. The molecule has 4 nitrogen and oxygen atoms in total. The zero-order valence-electron chi connectivity index (χ0n) is 8.41. The van der Waals surface area contributed by atoms with Gasteiger partial charge in [0.1, 0.15) is 5.60 Å². The molecule has 0 saturated heterocycles. The van der Waals surface area contributed by atoms with E-state index in [1.807, 2.05) is 0 Å². The highest BCUT2D eigenvalue weighted by molar-refractivity contribution is 7.46. The van der Waals surface area contributed by atoms with Crippen molar-refractivity contribution in [1.29, 1.82) is 0 Å². The molecule has 0 amide bonds. The molecule has 0 spiro atoms. The summed E-state index contributed by atoms with van der Waals surface area (Å²) in [5.41, 5.74) is -2.46. The van der Waals surface area contributed by atoms with Crippen LogP contribution in [0.4, 0.5) is 13.2 Å². The molecule has 8 heteroatoms. The average molecular weight is 250 g/mol. The van der Waals surface area contributed by atoms with Gasteiger partial charge in [-0.2, -0.15) is 0 Å². The maximum Gasteiger partial charge on any atom is 0.470 e. The largest absolute Gasteiger partial charge is 0.470 e. The molecular formula is C7H14F3O4P. The molecule has 0 aliphatic rings. The Kier molecular flexibility index (Phi) is 4.79. The van der Waals surface area contributed by atoms with Gasteiger partial charge in [0, 0.05) is 0 Å². The Morgan fingerprint density at radius 2 is 1.67 bits per heavy atom. The third kappa shape index (κ3) is 3.45. The van der Waals surface area contributed by atoms with Crippen molar-refractivity contribution in [3.05, 3.63) is 0 Å². The van der Waals surface area contributed by atoms with Gasteiger partial charge < -0.3 is 9.79 Å². The van der Waals surface area contributed by atoms with Crippen LogP contribution in [0.5, 0.6) is 0 Å². The zero-order valence-corrected chi connectivity index (χ0v) is 9.31. The highest BCUT2D eigenvalue weighted by atomic mass is 31.2. The summed E-state index contributed by atoms with van der Waals surface area (Å²) in [5, 5.41) is 0. The molecule has 0 unspecified atom stereocenters.